The van der Waals surface area contributed by atoms with Crippen molar-refractivity contribution < 1.29 is 9.94 Å². The van der Waals surface area contributed by atoms with E-state index in [9.17, 15) is 0 Å². The molecule has 1 saturated heterocycles. The maximum Gasteiger partial charge on any atom is 0.189 e. The van der Waals surface area contributed by atoms with Crippen molar-refractivity contribution in [3.8, 4) is 0 Å². The lowest BCUT2D eigenvalue weighted by Crippen LogP contribution is -2.40. The van der Waals surface area contributed by atoms with Crippen molar-refractivity contribution in [1.29, 1.82) is 0 Å². The van der Waals surface area contributed by atoms with Gasteiger partial charge in [0.2, 0.25) is 0 Å². The zero-order chi connectivity index (χ0) is 13.0. The van der Waals surface area contributed by atoms with Gasteiger partial charge in [-0.2, -0.15) is 0 Å². The van der Waals surface area contributed by atoms with Gasteiger partial charge in [-0.3, -0.25) is 9.88 Å². The molecule has 6 nitrogen and oxygen atoms in total. The third kappa shape index (κ3) is 2.96. The highest BCUT2D eigenvalue weighted by atomic mass is 16.5. The second-order valence-electron chi connectivity index (χ2n) is 4.41. The third-order valence-electron chi connectivity index (χ3n) is 2.96. The fraction of sp³-hybridized carbons (Fsp3) is 0.500. The zero-order valence-corrected chi connectivity index (χ0v) is 10.4. The molecule has 0 bridgehead atoms. The van der Waals surface area contributed by atoms with E-state index in [4.69, 9.17) is 15.7 Å². The normalized spacial score (nSPS) is 22.1. The SMILES string of the molecule is CC1CN(Cc2cccnc2/C(N)=N/O)CCO1. The molecule has 6 heteroatoms. The van der Waals surface area contributed by atoms with Crippen LogP contribution in [0.4, 0.5) is 0 Å². The summed E-state index contributed by atoms with van der Waals surface area (Å²) in [6, 6.07) is 3.80. The van der Waals surface area contributed by atoms with Crippen LogP contribution in [-0.4, -0.2) is 46.7 Å². The van der Waals surface area contributed by atoms with Crippen LogP contribution in [0.2, 0.25) is 0 Å². The number of aromatic nitrogens is 1. The molecule has 1 aromatic heterocycles. The fourth-order valence-corrected chi connectivity index (χ4v) is 2.12. The molecule has 1 aromatic rings. The number of hydrogen-bond acceptors (Lipinski definition) is 5. The molecule has 2 heterocycles. The van der Waals surface area contributed by atoms with Crippen molar-refractivity contribution in [3.63, 3.8) is 0 Å². The van der Waals surface area contributed by atoms with E-state index in [1.807, 2.05) is 12.1 Å². The molecular weight excluding hydrogens is 232 g/mol. The molecule has 3 N–H and O–H groups in total. The molecule has 0 radical (unpaired) electrons. The molecule has 0 spiro atoms. The maximum absolute atomic E-state index is 8.75. The lowest BCUT2D eigenvalue weighted by atomic mass is 10.1. The Labute approximate surface area is 106 Å². The molecule has 1 aliphatic heterocycles. The lowest BCUT2D eigenvalue weighted by molar-refractivity contribution is -0.0212. The van der Waals surface area contributed by atoms with Crippen LogP contribution in [0.5, 0.6) is 0 Å². The highest BCUT2D eigenvalue weighted by molar-refractivity contribution is 5.96. The quantitative estimate of drug-likeness (QED) is 0.351. The number of hydrogen-bond donors (Lipinski definition) is 2. The average molecular weight is 250 g/mol. The fourth-order valence-electron chi connectivity index (χ4n) is 2.12. The van der Waals surface area contributed by atoms with E-state index >= 15 is 0 Å². The molecule has 0 saturated carbocycles. The van der Waals surface area contributed by atoms with Gasteiger partial charge in [-0.15, -0.1) is 0 Å². The van der Waals surface area contributed by atoms with E-state index < -0.39 is 0 Å². The summed E-state index contributed by atoms with van der Waals surface area (Å²) in [6.45, 7) is 5.28. The van der Waals surface area contributed by atoms with E-state index in [1.54, 1.807) is 6.20 Å². The van der Waals surface area contributed by atoms with Crippen LogP contribution in [0.3, 0.4) is 0 Å². The predicted molar refractivity (Wildman–Crippen MR) is 67.4 cm³/mol. The summed E-state index contributed by atoms with van der Waals surface area (Å²) in [4.78, 5) is 6.44. The van der Waals surface area contributed by atoms with E-state index in [0.717, 1.165) is 31.8 Å². The number of nitrogens with zero attached hydrogens (tertiary/aromatic N) is 3. The third-order valence-corrected chi connectivity index (χ3v) is 2.96. The summed E-state index contributed by atoms with van der Waals surface area (Å²) >= 11 is 0. The van der Waals surface area contributed by atoms with Gasteiger partial charge < -0.3 is 15.7 Å². The van der Waals surface area contributed by atoms with Crippen LogP contribution < -0.4 is 5.73 Å². The van der Waals surface area contributed by atoms with Crippen LogP contribution >= 0.6 is 0 Å². The predicted octanol–water partition coefficient (Wildman–Crippen LogP) is 0.397. The number of oxime groups is 1. The monoisotopic (exact) mass is 250 g/mol. The molecule has 1 fully saturated rings. The standard InChI is InChI=1S/C12H18N4O2/c1-9-7-16(5-6-18-9)8-10-3-2-4-14-11(10)12(13)15-17/h2-4,9,17H,5-8H2,1H3,(H2,13,15). The summed E-state index contributed by atoms with van der Waals surface area (Å²) in [5.74, 6) is 0.0481. The second kappa shape index (κ2) is 5.79. The molecule has 1 aliphatic rings. The molecule has 0 aliphatic carbocycles. The number of amidine groups is 1. The maximum atomic E-state index is 8.75. The second-order valence-corrected chi connectivity index (χ2v) is 4.41. The van der Waals surface area contributed by atoms with Gasteiger partial charge in [-0.25, -0.2) is 0 Å². The number of morpholine rings is 1. The van der Waals surface area contributed by atoms with Crippen molar-refractivity contribution in [2.24, 2.45) is 10.9 Å². The largest absolute Gasteiger partial charge is 0.409 e. The minimum absolute atomic E-state index is 0.0481. The number of ether oxygens (including phenoxy) is 1. The van der Waals surface area contributed by atoms with E-state index in [0.29, 0.717) is 5.69 Å². The Morgan fingerprint density at radius 2 is 2.56 bits per heavy atom. The van der Waals surface area contributed by atoms with Gasteiger partial charge in [0.25, 0.3) is 0 Å². The van der Waals surface area contributed by atoms with Gasteiger partial charge in [0.1, 0.15) is 5.69 Å². The van der Waals surface area contributed by atoms with Gasteiger partial charge in [0.15, 0.2) is 5.84 Å². The van der Waals surface area contributed by atoms with Gasteiger partial charge in [0.05, 0.1) is 12.7 Å². The highest BCUT2D eigenvalue weighted by Crippen LogP contribution is 2.12. The van der Waals surface area contributed by atoms with Gasteiger partial charge in [-0.1, -0.05) is 11.2 Å². The van der Waals surface area contributed by atoms with E-state index in [-0.39, 0.29) is 11.9 Å². The highest BCUT2D eigenvalue weighted by Gasteiger charge is 2.18. The first-order valence-electron chi connectivity index (χ1n) is 5.96. The molecule has 18 heavy (non-hydrogen) atoms. The number of nitrogens with two attached hydrogens (primary N) is 1. The summed E-state index contributed by atoms with van der Waals surface area (Å²) in [6.07, 6.45) is 1.88. The van der Waals surface area contributed by atoms with Crippen molar-refractivity contribution in [3.05, 3.63) is 29.6 Å². The minimum Gasteiger partial charge on any atom is -0.409 e. The summed E-state index contributed by atoms with van der Waals surface area (Å²) < 4.78 is 5.50. The number of pyridine rings is 1. The topological polar surface area (TPSA) is 84.0 Å². The Bertz CT molecular complexity index is 436. The Morgan fingerprint density at radius 1 is 1.72 bits per heavy atom. The van der Waals surface area contributed by atoms with Crippen molar-refractivity contribution in [2.45, 2.75) is 19.6 Å². The van der Waals surface area contributed by atoms with E-state index in [2.05, 4.69) is 22.0 Å². The Hall–Kier alpha value is -1.66. The first-order valence-corrected chi connectivity index (χ1v) is 5.96. The summed E-state index contributed by atoms with van der Waals surface area (Å²) in [7, 11) is 0. The Kier molecular flexibility index (Phi) is 4.11. The molecule has 2 rings (SSSR count). The minimum atomic E-state index is 0.0481. The van der Waals surface area contributed by atoms with Crippen LogP contribution in [0, 0.1) is 0 Å². The van der Waals surface area contributed by atoms with Crippen molar-refractivity contribution >= 4 is 5.84 Å². The first kappa shape index (κ1) is 12.8. The Balaban J connectivity index is 2.13. The van der Waals surface area contributed by atoms with Crippen LogP contribution in [0.25, 0.3) is 0 Å². The van der Waals surface area contributed by atoms with E-state index in [1.165, 1.54) is 0 Å². The average Bonchev–Trinajstić information content (AvgIpc) is 2.38. The van der Waals surface area contributed by atoms with Crippen LogP contribution in [0.1, 0.15) is 18.2 Å². The van der Waals surface area contributed by atoms with Crippen molar-refractivity contribution in [1.82, 2.24) is 9.88 Å². The molecular formula is C12H18N4O2. The molecule has 1 unspecified atom stereocenters. The van der Waals surface area contributed by atoms with Crippen LogP contribution in [-0.2, 0) is 11.3 Å². The first-order chi connectivity index (χ1) is 8.70. The van der Waals surface area contributed by atoms with Gasteiger partial charge in [-0.05, 0) is 18.6 Å². The lowest BCUT2D eigenvalue weighted by Gasteiger charge is -2.31. The Morgan fingerprint density at radius 3 is 3.28 bits per heavy atom. The van der Waals surface area contributed by atoms with Gasteiger partial charge in [0, 0.05) is 25.8 Å². The van der Waals surface area contributed by atoms with Crippen LogP contribution in [0.15, 0.2) is 23.5 Å². The summed E-state index contributed by atoms with van der Waals surface area (Å²) in [5, 5.41) is 11.8. The van der Waals surface area contributed by atoms with Gasteiger partial charge >= 0.3 is 0 Å². The summed E-state index contributed by atoms with van der Waals surface area (Å²) in [5.41, 5.74) is 7.12. The van der Waals surface area contributed by atoms with Crippen molar-refractivity contribution in [2.75, 3.05) is 19.7 Å². The molecule has 0 amide bonds. The molecule has 1 atom stereocenters. The smallest absolute Gasteiger partial charge is 0.189 e. The number of rotatable bonds is 3. The molecule has 98 valence electrons. The molecule has 0 aromatic carbocycles. The zero-order valence-electron chi connectivity index (χ0n) is 10.4.